The van der Waals surface area contributed by atoms with E-state index < -0.39 is 0 Å². The van der Waals surface area contributed by atoms with Crippen LogP contribution in [0.5, 0.6) is 0 Å². The first-order valence-electron chi connectivity index (χ1n) is 6.11. The molecular weight excluding hydrogens is 216 g/mol. The molecule has 0 saturated carbocycles. The van der Waals surface area contributed by atoms with Crippen molar-refractivity contribution in [3.05, 3.63) is 12.3 Å². The Morgan fingerprint density at radius 2 is 2.18 bits per heavy atom. The average Bonchev–Trinajstić information content (AvgIpc) is 2.33. The van der Waals surface area contributed by atoms with Gasteiger partial charge in [-0.2, -0.15) is 4.98 Å². The summed E-state index contributed by atoms with van der Waals surface area (Å²) in [5.74, 6) is 1.71. The second kappa shape index (κ2) is 7.06. The molecule has 0 unspecified atom stereocenters. The molecule has 0 fully saturated rings. The molecule has 0 spiro atoms. The van der Waals surface area contributed by atoms with Crippen molar-refractivity contribution < 1.29 is 5.11 Å². The predicted octanol–water partition coefficient (Wildman–Crippen LogP) is 1.73. The van der Waals surface area contributed by atoms with Crippen LogP contribution in [0.1, 0.15) is 27.2 Å². The molecule has 0 bridgehead atoms. The van der Waals surface area contributed by atoms with Gasteiger partial charge in [-0.1, -0.05) is 20.8 Å². The summed E-state index contributed by atoms with van der Waals surface area (Å²) in [6.07, 6.45) is 2.74. The lowest BCUT2D eigenvalue weighted by atomic mass is 10.1. The van der Waals surface area contributed by atoms with Gasteiger partial charge in [0.25, 0.3) is 0 Å². The van der Waals surface area contributed by atoms with Crippen molar-refractivity contribution in [3.63, 3.8) is 0 Å². The number of aliphatic hydroxyl groups excluding tert-OH is 1. The minimum absolute atomic E-state index is 0.0175. The van der Waals surface area contributed by atoms with E-state index in [1.165, 1.54) is 0 Å². The van der Waals surface area contributed by atoms with Gasteiger partial charge in [-0.25, -0.2) is 4.98 Å². The number of nitrogens with one attached hydrogen (secondary N) is 2. The maximum atomic E-state index is 9.25. The Bertz CT molecular complexity index is 330. The van der Waals surface area contributed by atoms with Gasteiger partial charge in [0.1, 0.15) is 5.82 Å². The molecule has 1 heterocycles. The maximum absolute atomic E-state index is 9.25. The molecule has 0 aliphatic heterocycles. The van der Waals surface area contributed by atoms with E-state index in [0.717, 1.165) is 18.8 Å². The molecule has 0 aliphatic rings. The van der Waals surface area contributed by atoms with Gasteiger partial charge >= 0.3 is 0 Å². The molecule has 1 atom stereocenters. The molecule has 3 N–H and O–H groups in total. The van der Waals surface area contributed by atoms with Crippen LogP contribution in [0.25, 0.3) is 0 Å². The van der Waals surface area contributed by atoms with Crippen LogP contribution in [-0.2, 0) is 0 Å². The Morgan fingerprint density at radius 3 is 2.76 bits per heavy atom. The zero-order chi connectivity index (χ0) is 12.7. The van der Waals surface area contributed by atoms with Crippen LogP contribution in [0.4, 0.5) is 11.8 Å². The van der Waals surface area contributed by atoms with E-state index in [-0.39, 0.29) is 12.6 Å². The molecule has 0 amide bonds. The number of rotatable bonds is 7. The quantitative estimate of drug-likeness (QED) is 0.675. The SMILES string of the molecule is CCCNc1nccc(N[C@H](CO)C(C)C)n1. The summed E-state index contributed by atoms with van der Waals surface area (Å²) in [6.45, 7) is 7.17. The van der Waals surface area contributed by atoms with E-state index in [0.29, 0.717) is 11.9 Å². The van der Waals surface area contributed by atoms with E-state index in [1.807, 2.05) is 6.07 Å². The first-order valence-corrected chi connectivity index (χ1v) is 6.11. The van der Waals surface area contributed by atoms with Crippen LogP contribution in [0, 0.1) is 5.92 Å². The number of aliphatic hydroxyl groups is 1. The summed E-state index contributed by atoms with van der Waals surface area (Å²) in [5.41, 5.74) is 0. The van der Waals surface area contributed by atoms with Gasteiger partial charge in [0.05, 0.1) is 12.6 Å². The van der Waals surface area contributed by atoms with Crippen LogP contribution in [0.15, 0.2) is 12.3 Å². The van der Waals surface area contributed by atoms with Gasteiger partial charge < -0.3 is 15.7 Å². The molecule has 1 aromatic heterocycles. The van der Waals surface area contributed by atoms with Crippen molar-refractivity contribution in [2.75, 3.05) is 23.8 Å². The van der Waals surface area contributed by atoms with Crippen LogP contribution < -0.4 is 10.6 Å². The first-order chi connectivity index (χ1) is 8.17. The van der Waals surface area contributed by atoms with E-state index in [2.05, 4.69) is 41.4 Å². The molecule has 1 rings (SSSR count). The Balaban J connectivity index is 2.64. The van der Waals surface area contributed by atoms with Crippen LogP contribution in [-0.4, -0.2) is 34.3 Å². The molecule has 1 aromatic rings. The van der Waals surface area contributed by atoms with Gasteiger partial charge in [0.15, 0.2) is 0 Å². The normalized spacial score (nSPS) is 12.5. The fourth-order valence-corrected chi connectivity index (χ4v) is 1.37. The summed E-state index contributed by atoms with van der Waals surface area (Å²) in [6, 6.07) is 1.83. The molecule has 5 heteroatoms. The first kappa shape index (κ1) is 13.7. The fraction of sp³-hybridized carbons (Fsp3) is 0.667. The highest BCUT2D eigenvalue weighted by Crippen LogP contribution is 2.11. The lowest BCUT2D eigenvalue weighted by Gasteiger charge is -2.20. The number of nitrogens with zero attached hydrogens (tertiary/aromatic N) is 2. The Labute approximate surface area is 103 Å². The van der Waals surface area contributed by atoms with Gasteiger partial charge in [-0.3, -0.25) is 0 Å². The minimum Gasteiger partial charge on any atom is -0.394 e. The van der Waals surface area contributed by atoms with Gasteiger partial charge in [0, 0.05) is 12.7 Å². The van der Waals surface area contributed by atoms with Gasteiger partial charge in [0.2, 0.25) is 5.95 Å². The summed E-state index contributed by atoms with van der Waals surface area (Å²) in [7, 11) is 0. The standard InChI is InChI=1S/C12H22N4O/c1-4-6-13-12-14-7-5-11(16-12)15-10(8-17)9(2)3/h5,7,9-10,17H,4,6,8H2,1-3H3,(H2,13,14,15,16)/t10-/m1/s1. The second-order valence-corrected chi connectivity index (χ2v) is 4.37. The van der Waals surface area contributed by atoms with Crippen molar-refractivity contribution in [1.82, 2.24) is 9.97 Å². The Kier molecular flexibility index (Phi) is 5.69. The van der Waals surface area contributed by atoms with E-state index >= 15 is 0 Å². The predicted molar refractivity (Wildman–Crippen MR) is 70.1 cm³/mol. The van der Waals surface area contributed by atoms with Gasteiger partial charge in [-0.05, 0) is 18.4 Å². The van der Waals surface area contributed by atoms with Crippen LogP contribution >= 0.6 is 0 Å². The molecule has 96 valence electrons. The molecular formula is C12H22N4O. The number of hydrogen-bond donors (Lipinski definition) is 3. The lowest BCUT2D eigenvalue weighted by molar-refractivity contribution is 0.249. The highest BCUT2D eigenvalue weighted by Gasteiger charge is 2.12. The third-order valence-electron chi connectivity index (χ3n) is 2.52. The highest BCUT2D eigenvalue weighted by molar-refractivity contribution is 5.40. The topological polar surface area (TPSA) is 70.1 Å². The zero-order valence-electron chi connectivity index (χ0n) is 10.8. The summed E-state index contributed by atoms with van der Waals surface area (Å²) in [5, 5.41) is 15.6. The summed E-state index contributed by atoms with van der Waals surface area (Å²) < 4.78 is 0. The van der Waals surface area contributed by atoms with Crippen LogP contribution in [0.2, 0.25) is 0 Å². The fourth-order valence-electron chi connectivity index (χ4n) is 1.37. The molecule has 0 aliphatic carbocycles. The van der Waals surface area contributed by atoms with E-state index in [9.17, 15) is 5.11 Å². The lowest BCUT2D eigenvalue weighted by Crippen LogP contribution is -2.29. The van der Waals surface area contributed by atoms with Crippen molar-refractivity contribution in [3.8, 4) is 0 Å². The smallest absolute Gasteiger partial charge is 0.224 e. The third kappa shape index (κ3) is 4.56. The Hall–Kier alpha value is -1.36. The molecule has 17 heavy (non-hydrogen) atoms. The molecule has 0 aromatic carbocycles. The monoisotopic (exact) mass is 238 g/mol. The average molecular weight is 238 g/mol. The number of aromatic nitrogens is 2. The summed E-state index contributed by atoms with van der Waals surface area (Å²) in [4.78, 5) is 8.47. The van der Waals surface area contributed by atoms with Gasteiger partial charge in [-0.15, -0.1) is 0 Å². The van der Waals surface area contributed by atoms with Crippen molar-refractivity contribution in [2.45, 2.75) is 33.2 Å². The number of hydrogen-bond acceptors (Lipinski definition) is 5. The highest BCUT2D eigenvalue weighted by atomic mass is 16.3. The van der Waals surface area contributed by atoms with Crippen LogP contribution in [0.3, 0.4) is 0 Å². The Morgan fingerprint density at radius 1 is 1.41 bits per heavy atom. The number of anilines is 2. The van der Waals surface area contributed by atoms with E-state index in [1.54, 1.807) is 6.20 Å². The zero-order valence-corrected chi connectivity index (χ0v) is 10.8. The van der Waals surface area contributed by atoms with E-state index in [4.69, 9.17) is 0 Å². The minimum atomic E-state index is 0.0175. The largest absolute Gasteiger partial charge is 0.394 e. The molecule has 0 saturated heterocycles. The summed E-state index contributed by atoms with van der Waals surface area (Å²) >= 11 is 0. The van der Waals surface area contributed by atoms with Crippen molar-refractivity contribution in [1.29, 1.82) is 0 Å². The maximum Gasteiger partial charge on any atom is 0.224 e. The van der Waals surface area contributed by atoms with Crippen molar-refractivity contribution >= 4 is 11.8 Å². The third-order valence-corrected chi connectivity index (χ3v) is 2.52. The van der Waals surface area contributed by atoms with Crippen molar-refractivity contribution in [2.24, 2.45) is 5.92 Å². The molecule has 5 nitrogen and oxygen atoms in total. The second-order valence-electron chi connectivity index (χ2n) is 4.37. The molecule has 0 radical (unpaired) electrons.